The maximum atomic E-state index is 14.2. The van der Waals surface area contributed by atoms with Crippen molar-refractivity contribution in [2.24, 2.45) is 5.92 Å². The Kier molecular flexibility index (Phi) is 6.50. The van der Waals surface area contributed by atoms with E-state index in [-0.39, 0.29) is 29.9 Å². The third-order valence-electron chi connectivity index (χ3n) is 4.07. The summed E-state index contributed by atoms with van der Waals surface area (Å²) in [6.07, 6.45) is -1.84. The summed E-state index contributed by atoms with van der Waals surface area (Å²) in [4.78, 5) is 10.8. The third-order valence-corrected chi connectivity index (χ3v) is 4.07. The van der Waals surface area contributed by atoms with Crippen LogP contribution in [0.5, 0.6) is 5.75 Å². The van der Waals surface area contributed by atoms with Crippen LogP contribution in [0.15, 0.2) is 18.0 Å². The molecule has 0 aromatic heterocycles. The Hall–Kier alpha value is -1.99. The summed E-state index contributed by atoms with van der Waals surface area (Å²) >= 11 is 0. The first-order chi connectivity index (χ1) is 11.8. The van der Waals surface area contributed by atoms with Crippen LogP contribution in [0.1, 0.15) is 37.7 Å². The molecule has 0 radical (unpaired) electrons. The van der Waals surface area contributed by atoms with E-state index >= 15 is 0 Å². The first kappa shape index (κ1) is 19.3. The number of hydrogen-bond donors (Lipinski definition) is 0. The van der Waals surface area contributed by atoms with E-state index in [1.807, 2.05) is 0 Å². The van der Waals surface area contributed by atoms with Gasteiger partial charge in [0.15, 0.2) is 11.6 Å². The molecule has 25 heavy (non-hydrogen) atoms. The topological polar surface area (TPSA) is 26.3 Å². The Morgan fingerprint density at radius 1 is 1.20 bits per heavy atom. The highest BCUT2D eigenvalue weighted by atomic mass is 19.3. The fraction of sp³-hybridized carbons (Fsp3) is 0.471. The number of allylic oxidation sites excluding steroid dienone is 2. The SMILES string of the molecule is O=C(Oc1c(F)cc(C2=C(F)CC(CCCF)CC2)cc1F)C(F)F. The maximum Gasteiger partial charge on any atom is 0.379 e. The Balaban J connectivity index is 2.22. The van der Waals surface area contributed by atoms with Gasteiger partial charge in [-0.2, -0.15) is 8.78 Å². The van der Waals surface area contributed by atoms with Gasteiger partial charge in [-0.05, 0) is 54.9 Å². The van der Waals surface area contributed by atoms with Crippen LogP contribution in [0.3, 0.4) is 0 Å². The second-order valence-corrected chi connectivity index (χ2v) is 5.81. The molecule has 1 aliphatic rings. The predicted octanol–water partition coefficient (Wildman–Crippen LogP) is 5.37. The zero-order chi connectivity index (χ0) is 18.6. The first-order valence-corrected chi connectivity index (χ1v) is 7.76. The molecule has 0 fully saturated rings. The van der Waals surface area contributed by atoms with Gasteiger partial charge in [0.05, 0.1) is 6.67 Å². The molecule has 1 aromatic carbocycles. The smallest absolute Gasteiger partial charge is 0.379 e. The van der Waals surface area contributed by atoms with E-state index in [0.717, 1.165) is 12.1 Å². The Bertz CT molecular complexity index is 648. The molecule has 1 atom stereocenters. The molecule has 1 aliphatic carbocycles. The van der Waals surface area contributed by atoms with Crippen LogP contribution in [0, 0.1) is 17.6 Å². The standard InChI is InChI=1S/C17H16F6O2/c18-5-1-2-9-3-4-11(12(19)6-9)10-7-13(20)15(14(21)8-10)25-17(24)16(22)23/h7-9,16H,1-6H2. The molecule has 0 spiro atoms. The summed E-state index contributed by atoms with van der Waals surface area (Å²) in [5.74, 6) is -6.63. The van der Waals surface area contributed by atoms with E-state index < -0.39 is 42.3 Å². The molecule has 0 N–H and O–H groups in total. The van der Waals surface area contributed by atoms with Gasteiger partial charge in [0, 0.05) is 6.42 Å². The minimum absolute atomic E-state index is 0.0273. The van der Waals surface area contributed by atoms with Gasteiger partial charge in [-0.1, -0.05) is 0 Å². The number of esters is 1. The van der Waals surface area contributed by atoms with Crippen LogP contribution < -0.4 is 4.74 Å². The van der Waals surface area contributed by atoms with E-state index in [0.29, 0.717) is 19.3 Å². The molecule has 1 aromatic rings. The Morgan fingerprint density at radius 2 is 1.84 bits per heavy atom. The quantitative estimate of drug-likeness (QED) is 0.385. The molecule has 8 heteroatoms. The molecule has 1 unspecified atom stereocenters. The summed E-state index contributed by atoms with van der Waals surface area (Å²) < 4.78 is 82.5. The molecule has 0 saturated heterocycles. The van der Waals surface area contributed by atoms with Gasteiger partial charge in [-0.3, -0.25) is 4.39 Å². The van der Waals surface area contributed by atoms with Gasteiger partial charge in [-0.15, -0.1) is 0 Å². The minimum Gasteiger partial charge on any atom is -0.416 e. The molecule has 138 valence electrons. The van der Waals surface area contributed by atoms with Crippen LogP contribution in [0.2, 0.25) is 0 Å². The Morgan fingerprint density at radius 3 is 2.36 bits per heavy atom. The number of ether oxygens (including phenoxy) is 1. The van der Waals surface area contributed by atoms with Crippen molar-refractivity contribution in [3.8, 4) is 5.75 Å². The summed E-state index contributed by atoms with van der Waals surface area (Å²) in [6, 6.07) is 1.49. The maximum absolute atomic E-state index is 14.2. The second-order valence-electron chi connectivity index (χ2n) is 5.81. The molecule has 0 saturated carbocycles. The normalized spacial score (nSPS) is 18.0. The molecule has 0 heterocycles. The predicted molar refractivity (Wildman–Crippen MR) is 78.6 cm³/mol. The number of benzene rings is 1. The van der Waals surface area contributed by atoms with E-state index in [2.05, 4.69) is 4.74 Å². The first-order valence-electron chi connectivity index (χ1n) is 7.76. The average Bonchev–Trinajstić information content (AvgIpc) is 2.55. The lowest BCUT2D eigenvalue weighted by atomic mass is 9.83. The summed E-state index contributed by atoms with van der Waals surface area (Å²) in [5, 5.41) is 0. The van der Waals surface area contributed by atoms with Crippen molar-refractivity contribution in [3.05, 3.63) is 35.2 Å². The lowest BCUT2D eigenvalue weighted by Crippen LogP contribution is -2.19. The highest BCUT2D eigenvalue weighted by Crippen LogP contribution is 2.39. The van der Waals surface area contributed by atoms with Gasteiger partial charge in [0.1, 0.15) is 5.83 Å². The summed E-state index contributed by atoms with van der Waals surface area (Å²) in [7, 11) is 0. The Labute approximate surface area is 140 Å². The van der Waals surface area contributed by atoms with E-state index in [1.54, 1.807) is 0 Å². The fourth-order valence-electron chi connectivity index (χ4n) is 2.85. The number of hydrogen-bond acceptors (Lipinski definition) is 2. The monoisotopic (exact) mass is 366 g/mol. The second kappa shape index (κ2) is 8.40. The molecule has 0 amide bonds. The molecule has 0 bridgehead atoms. The van der Waals surface area contributed by atoms with Crippen molar-refractivity contribution in [1.82, 2.24) is 0 Å². The number of carbonyl (C=O) groups is 1. The molecular formula is C17H16F6O2. The van der Waals surface area contributed by atoms with Crippen molar-refractivity contribution in [3.63, 3.8) is 0 Å². The van der Waals surface area contributed by atoms with Crippen LogP contribution in [0.25, 0.3) is 5.57 Å². The zero-order valence-corrected chi connectivity index (χ0v) is 13.1. The highest BCUT2D eigenvalue weighted by molar-refractivity contribution is 5.76. The fourth-order valence-corrected chi connectivity index (χ4v) is 2.85. The van der Waals surface area contributed by atoms with Gasteiger partial charge < -0.3 is 4.74 Å². The average molecular weight is 366 g/mol. The van der Waals surface area contributed by atoms with Crippen molar-refractivity contribution in [1.29, 1.82) is 0 Å². The molecule has 2 nitrogen and oxygen atoms in total. The number of alkyl halides is 3. The third kappa shape index (κ3) is 4.76. The highest BCUT2D eigenvalue weighted by Gasteiger charge is 2.26. The van der Waals surface area contributed by atoms with E-state index in [1.165, 1.54) is 0 Å². The lowest BCUT2D eigenvalue weighted by Gasteiger charge is -2.23. The molecule has 2 rings (SSSR count). The van der Waals surface area contributed by atoms with Crippen LogP contribution in [-0.4, -0.2) is 19.1 Å². The zero-order valence-electron chi connectivity index (χ0n) is 13.1. The van der Waals surface area contributed by atoms with Gasteiger partial charge in [-0.25, -0.2) is 18.0 Å². The van der Waals surface area contributed by atoms with Gasteiger partial charge in [0.25, 0.3) is 0 Å². The van der Waals surface area contributed by atoms with Crippen LogP contribution >= 0.6 is 0 Å². The summed E-state index contributed by atoms with van der Waals surface area (Å²) in [6.45, 7) is -0.482. The largest absolute Gasteiger partial charge is 0.416 e. The molecule has 0 aliphatic heterocycles. The van der Waals surface area contributed by atoms with E-state index in [9.17, 15) is 31.1 Å². The van der Waals surface area contributed by atoms with Crippen LogP contribution in [0.4, 0.5) is 26.3 Å². The number of carbonyl (C=O) groups excluding carboxylic acids is 1. The number of halogens is 6. The van der Waals surface area contributed by atoms with Crippen molar-refractivity contribution < 1.29 is 35.9 Å². The van der Waals surface area contributed by atoms with Gasteiger partial charge in [0.2, 0.25) is 5.75 Å². The molecular weight excluding hydrogens is 350 g/mol. The van der Waals surface area contributed by atoms with Gasteiger partial charge >= 0.3 is 12.4 Å². The van der Waals surface area contributed by atoms with Crippen molar-refractivity contribution >= 4 is 11.5 Å². The van der Waals surface area contributed by atoms with E-state index in [4.69, 9.17) is 0 Å². The minimum atomic E-state index is -3.53. The number of rotatable bonds is 6. The summed E-state index contributed by atoms with van der Waals surface area (Å²) in [5.41, 5.74) is 0.0364. The van der Waals surface area contributed by atoms with Crippen molar-refractivity contribution in [2.45, 2.75) is 38.5 Å². The lowest BCUT2D eigenvalue weighted by molar-refractivity contribution is -0.146. The van der Waals surface area contributed by atoms with Crippen LogP contribution in [-0.2, 0) is 4.79 Å². The van der Waals surface area contributed by atoms with Crippen molar-refractivity contribution in [2.75, 3.05) is 6.67 Å².